The summed E-state index contributed by atoms with van der Waals surface area (Å²) in [4.78, 5) is 2.38. The quantitative estimate of drug-likeness (QED) is 0.171. The molecule has 254 valence electrons. The fourth-order valence-electron chi connectivity index (χ4n) is 9.42. The van der Waals surface area contributed by atoms with Crippen molar-refractivity contribution in [2.45, 2.75) is 58.2 Å². The van der Waals surface area contributed by atoms with Crippen LogP contribution < -0.4 is 10.1 Å². The molecule has 2 aliphatic rings. The minimum Gasteiger partial charge on any atom is -0.454 e. The molecule has 0 fully saturated rings. The van der Waals surface area contributed by atoms with E-state index in [9.17, 15) is 0 Å². The third kappa shape index (κ3) is 4.29. The number of hydrogen-bond acceptors (Lipinski definition) is 2. The molecule has 2 nitrogen and oxygen atoms in total. The average Bonchev–Trinajstić information content (AvgIpc) is 3.71. The molecule has 0 aliphatic heterocycles. The molecule has 2 aliphatic carbocycles. The van der Waals surface area contributed by atoms with Gasteiger partial charge >= 0.3 is 0 Å². The molecule has 0 saturated heterocycles. The standard InChI is InChI=1S/C49H43NOSi/c1-48(2)41-16-10-8-13-35(41)39-28-43-40(29-42(39)48)37-25-19-30-27-32(22-26-34(30)46(37)49(43,3)4)50(31-20-23-33(24-21-31)52(5,6)7)44-17-12-15-38-36-14-9-11-18-45(36)51-47(38)44/h8-29H,1-7H3. The summed E-state index contributed by atoms with van der Waals surface area (Å²) < 4.78 is 6.63. The topological polar surface area (TPSA) is 16.4 Å². The molecule has 0 saturated carbocycles. The van der Waals surface area contributed by atoms with Gasteiger partial charge in [-0.2, -0.15) is 0 Å². The highest BCUT2D eigenvalue weighted by Gasteiger charge is 2.42. The van der Waals surface area contributed by atoms with E-state index in [0.717, 1.165) is 39.0 Å². The van der Waals surface area contributed by atoms with Crippen LogP contribution in [-0.2, 0) is 10.8 Å². The largest absolute Gasteiger partial charge is 0.454 e. The second-order valence-electron chi connectivity index (χ2n) is 17.0. The lowest BCUT2D eigenvalue weighted by Crippen LogP contribution is -2.37. The summed E-state index contributed by atoms with van der Waals surface area (Å²) in [5.74, 6) is 0. The van der Waals surface area contributed by atoms with E-state index < -0.39 is 8.07 Å². The molecular formula is C49H43NOSi. The van der Waals surface area contributed by atoms with Gasteiger partial charge in [-0.3, -0.25) is 0 Å². The first kappa shape index (κ1) is 31.4. The van der Waals surface area contributed by atoms with E-state index in [0.29, 0.717) is 0 Å². The van der Waals surface area contributed by atoms with Gasteiger partial charge in [0.2, 0.25) is 0 Å². The van der Waals surface area contributed by atoms with Crippen LogP contribution in [0.2, 0.25) is 19.6 Å². The van der Waals surface area contributed by atoms with Gasteiger partial charge in [0.15, 0.2) is 5.58 Å². The number of hydrogen-bond donors (Lipinski definition) is 0. The Morgan fingerprint density at radius 3 is 1.96 bits per heavy atom. The summed E-state index contributed by atoms with van der Waals surface area (Å²) in [6.45, 7) is 16.8. The first-order chi connectivity index (χ1) is 24.9. The van der Waals surface area contributed by atoms with E-state index in [1.165, 1.54) is 60.5 Å². The van der Waals surface area contributed by atoms with Crippen molar-refractivity contribution in [3.05, 3.63) is 156 Å². The summed E-state index contributed by atoms with van der Waals surface area (Å²) >= 11 is 0. The summed E-state index contributed by atoms with van der Waals surface area (Å²) in [5.41, 5.74) is 16.1. The molecule has 1 aromatic heterocycles. The van der Waals surface area contributed by atoms with Crippen LogP contribution in [0.4, 0.5) is 17.1 Å². The van der Waals surface area contributed by atoms with Crippen molar-refractivity contribution in [2.75, 3.05) is 4.90 Å². The van der Waals surface area contributed by atoms with Crippen LogP contribution in [0.5, 0.6) is 0 Å². The molecule has 0 amide bonds. The Balaban J connectivity index is 1.15. The molecule has 10 rings (SSSR count). The third-order valence-electron chi connectivity index (χ3n) is 12.2. The summed E-state index contributed by atoms with van der Waals surface area (Å²) in [5, 5.41) is 6.29. The van der Waals surface area contributed by atoms with E-state index in [1.807, 2.05) is 6.07 Å². The zero-order valence-electron chi connectivity index (χ0n) is 31.1. The molecule has 0 spiro atoms. The fraction of sp³-hybridized carbons (Fsp3) is 0.184. The first-order valence-corrected chi connectivity index (χ1v) is 22.1. The Bertz CT molecular complexity index is 2780. The van der Waals surface area contributed by atoms with Gasteiger partial charge in [0.05, 0.1) is 13.8 Å². The minimum atomic E-state index is -1.47. The number of para-hydroxylation sites is 2. The van der Waals surface area contributed by atoms with Gasteiger partial charge in [-0.15, -0.1) is 0 Å². The lowest BCUT2D eigenvalue weighted by atomic mass is 9.78. The van der Waals surface area contributed by atoms with Crippen LogP contribution in [0.25, 0.3) is 55.0 Å². The van der Waals surface area contributed by atoms with E-state index >= 15 is 0 Å². The zero-order valence-corrected chi connectivity index (χ0v) is 32.1. The van der Waals surface area contributed by atoms with Crippen molar-refractivity contribution in [3.8, 4) is 22.3 Å². The molecule has 0 unspecified atom stereocenters. The predicted molar refractivity (Wildman–Crippen MR) is 224 cm³/mol. The Morgan fingerprint density at radius 1 is 0.500 bits per heavy atom. The minimum absolute atomic E-state index is 0.0287. The van der Waals surface area contributed by atoms with Crippen molar-refractivity contribution in [2.24, 2.45) is 0 Å². The summed E-state index contributed by atoms with van der Waals surface area (Å²) in [6.07, 6.45) is 0. The van der Waals surface area contributed by atoms with Crippen LogP contribution in [-0.4, -0.2) is 8.07 Å². The second kappa shape index (κ2) is 10.6. The van der Waals surface area contributed by atoms with Gasteiger partial charge in [-0.25, -0.2) is 0 Å². The smallest absolute Gasteiger partial charge is 0.159 e. The van der Waals surface area contributed by atoms with Crippen molar-refractivity contribution >= 4 is 63.0 Å². The predicted octanol–water partition coefficient (Wildman–Crippen LogP) is 13.4. The monoisotopic (exact) mass is 689 g/mol. The fourth-order valence-corrected chi connectivity index (χ4v) is 10.6. The van der Waals surface area contributed by atoms with E-state index in [1.54, 1.807) is 0 Å². The van der Waals surface area contributed by atoms with E-state index in [2.05, 4.69) is 180 Å². The lowest BCUT2D eigenvalue weighted by molar-refractivity contribution is 0.654. The van der Waals surface area contributed by atoms with Gasteiger partial charge in [-0.05, 0) is 104 Å². The molecule has 1 heterocycles. The Morgan fingerprint density at radius 2 is 1.17 bits per heavy atom. The maximum Gasteiger partial charge on any atom is 0.159 e. The molecule has 8 aromatic rings. The number of rotatable bonds is 4. The van der Waals surface area contributed by atoms with Crippen LogP contribution in [0, 0.1) is 0 Å². The van der Waals surface area contributed by atoms with Crippen LogP contribution in [0.15, 0.2) is 138 Å². The van der Waals surface area contributed by atoms with Crippen LogP contribution in [0.1, 0.15) is 49.9 Å². The lowest BCUT2D eigenvalue weighted by Gasteiger charge is -2.28. The van der Waals surface area contributed by atoms with Crippen molar-refractivity contribution in [1.29, 1.82) is 0 Å². The van der Waals surface area contributed by atoms with E-state index in [-0.39, 0.29) is 10.8 Å². The van der Waals surface area contributed by atoms with Gasteiger partial charge < -0.3 is 9.32 Å². The summed E-state index contributed by atoms with van der Waals surface area (Å²) in [6, 6.07) is 49.9. The SMILES string of the molecule is CC1(C)c2ccccc2-c2cc3c(cc21)-c1ccc2cc(N(c4ccc([Si](C)(C)C)cc4)c4cccc5c4oc4ccccc45)ccc2c1C3(C)C. The van der Waals surface area contributed by atoms with Crippen molar-refractivity contribution in [3.63, 3.8) is 0 Å². The Kier molecular flexibility index (Phi) is 6.38. The molecule has 3 heteroatoms. The highest BCUT2D eigenvalue weighted by atomic mass is 28.3. The Hall–Kier alpha value is -5.38. The van der Waals surface area contributed by atoms with Gasteiger partial charge in [-0.1, -0.05) is 137 Å². The molecular weight excluding hydrogens is 647 g/mol. The Labute approximate surface area is 307 Å². The number of nitrogens with zero attached hydrogens (tertiary/aromatic N) is 1. The van der Waals surface area contributed by atoms with Gasteiger partial charge in [0, 0.05) is 33.0 Å². The zero-order chi connectivity index (χ0) is 35.7. The van der Waals surface area contributed by atoms with Crippen molar-refractivity contribution in [1.82, 2.24) is 0 Å². The highest BCUT2D eigenvalue weighted by molar-refractivity contribution is 6.88. The maximum absolute atomic E-state index is 6.63. The van der Waals surface area contributed by atoms with Gasteiger partial charge in [0.1, 0.15) is 5.58 Å². The number of anilines is 3. The first-order valence-electron chi connectivity index (χ1n) is 18.6. The summed E-state index contributed by atoms with van der Waals surface area (Å²) in [7, 11) is -1.47. The molecule has 52 heavy (non-hydrogen) atoms. The van der Waals surface area contributed by atoms with Crippen LogP contribution in [0.3, 0.4) is 0 Å². The van der Waals surface area contributed by atoms with Crippen molar-refractivity contribution < 1.29 is 4.42 Å². The molecule has 0 N–H and O–H groups in total. The van der Waals surface area contributed by atoms with E-state index in [4.69, 9.17) is 4.42 Å². The molecule has 7 aromatic carbocycles. The number of furan rings is 1. The third-order valence-corrected chi connectivity index (χ3v) is 14.3. The average molecular weight is 690 g/mol. The normalized spacial score (nSPS) is 15.1. The highest BCUT2D eigenvalue weighted by Crippen LogP contribution is 2.57. The molecule has 0 radical (unpaired) electrons. The molecule has 0 bridgehead atoms. The number of fused-ring (bicyclic) bond motifs is 11. The van der Waals surface area contributed by atoms with Crippen LogP contribution >= 0.6 is 0 Å². The van der Waals surface area contributed by atoms with Gasteiger partial charge in [0.25, 0.3) is 0 Å². The number of benzene rings is 7. The molecule has 0 atom stereocenters. The maximum atomic E-state index is 6.63. The second-order valence-corrected chi connectivity index (χ2v) is 22.1.